The van der Waals surface area contributed by atoms with E-state index in [0.717, 1.165) is 11.6 Å². The third-order valence-corrected chi connectivity index (χ3v) is 6.41. The Morgan fingerprint density at radius 2 is 1.77 bits per heavy atom. The lowest BCUT2D eigenvalue weighted by molar-refractivity contribution is -0.161. The van der Waals surface area contributed by atoms with Gasteiger partial charge in [-0.15, -0.1) is 11.6 Å². The second-order valence-corrected chi connectivity index (χ2v) is 8.76. The molecule has 0 heterocycles. The highest BCUT2D eigenvalue weighted by Gasteiger charge is 2.57. The zero-order valence-corrected chi connectivity index (χ0v) is 19.7. The van der Waals surface area contributed by atoms with Gasteiger partial charge >= 0.3 is 18.2 Å². The molecule has 0 radical (unpaired) electrons. The van der Waals surface area contributed by atoms with E-state index in [1.165, 1.54) is 17.1 Å². The van der Waals surface area contributed by atoms with Gasteiger partial charge in [0.2, 0.25) is 0 Å². The van der Waals surface area contributed by atoms with Crippen LogP contribution in [0.2, 0.25) is 0 Å². The van der Waals surface area contributed by atoms with Crippen LogP contribution in [0.1, 0.15) is 30.0 Å². The molecular formula is C26H25ClF3NO4. The topological polar surface area (TPSA) is 66.8 Å². The first-order valence-corrected chi connectivity index (χ1v) is 11.4. The van der Waals surface area contributed by atoms with Crippen molar-refractivity contribution in [3.05, 3.63) is 89.5 Å². The molecule has 1 aliphatic carbocycles. The smallest absolute Gasteiger partial charge is 0.411 e. The molecule has 2 atom stereocenters. The number of benzene rings is 2. The van der Waals surface area contributed by atoms with E-state index in [4.69, 9.17) is 16.3 Å². The molecule has 2 unspecified atom stereocenters. The first-order chi connectivity index (χ1) is 16.5. The average Bonchev–Trinajstić information content (AvgIpc) is 2.82. The fourth-order valence-electron chi connectivity index (χ4n) is 3.87. The van der Waals surface area contributed by atoms with Gasteiger partial charge in [-0.05, 0) is 29.2 Å². The van der Waals surface area contributed by atoms with Crippen LogP contribution in [0.4, 0.5) is 18.0 Å². The molecule has 0 saturated heterocycles. The zero-order chi connectivity index (χ0) is 25.6. The second kappa shape index (κ2) is 11.0. The number of alkyl halides is 4. The molecule has 9 heteroatoms. The molecule has 2 aromatic carbocycles. The molecule has 0 fully saturated rings. The number of carbonyl (C=O) groups excluding carboxylic acids is 1. The summed E-state index contributed by atoms with van der Waals surface area (Å²) in [6.45, 7) is 2.40. The first-order valence-electron chi connectivity index (χ1n) is 11.0. The minimum atomic E-state index is -4.84. The van der Waals surface area contributed by atoms with E-state index in [0.29, 0.717) is 23.2 Å². The van der Waals surface area contributed by atoms with E-state index in [-0.39, 0.29) is 13.2 Å². The average molecular weight is 508 g/mol. The number of carbonyl (C=O) groups is 2. The highest BCUT2D eigenvalue weighted by Crippen LogP contribution is 2.48. The van der Waals surface area contributed by atoms with E-state index < -0.39 is 35.5 Å². The van der Waals surface area contributed by atoms with Crippen molar-refractivity contribution < 1.29 is 32.6 Å². The summed E-state index contributed by atoms with van der Waals surface area (Å²) in [6, 6.07) is 16.2. The molecule has 186 valence electrons. The van der Waals surface area contributed by atoms with Crippen LogP contribution in [0.15, 0.2) is 72.8 Å². The normalized spacial score (nSPS) is 19.7. The molecule has 1 amide bonds. The number of ether oxygens (including phenoxy) is 1. The Kier molecular flexibility index (Phi) is 8.27. The van der Waals surface area contributed by atoms with Crippen LogP contribution >= 0.6 is 11.6 Å². The van der Waals surface area contributed by atoms with Gasteiger partial charge in [0.05, 0.1) is 6.42 Å². The van der Waals surface area contributed by atoms with Crippen molar-refractivity contribution in [1.82, 2.24) is 4.90 Å². The molecule has 0 spiro atoms. The maximum atomic E-state index is 13.7. The molecule has 0 saturated carbocycles. The largest absolute Gasteiger partial charge is 0.481 e. The summed E-state index contributed by atoms with van der Waals surface area (Å²) >= 11 is 5.90. The fraction of sp³-hybridized carbons (Fsp3) is 0.308. The third-order valence-electron chi connectivity index (χ3n) is 5.79. The van der Waals surface area contributed by atoms with E-state index in [1.54, 1.807) is 31.2 Å². The SMILES string of the molecule is CCN(Cc1ccccc1C1=CC(CC(=O)O)C(Cl)(C(F)(F)F)C=C1)C(=O)OCc1ccccc1. The monoisotopic (exact) mass is 507 g/mol. The summed E-state index contributed by atoms with van der Waals surface area (Å²) in [5.41, 5.74) is 2.49. The van der Waals surface area contributed by atoms with Gasteiger partial charge in [-0.2, -0.15) is 13.2 Å². The summed E-state index contributed by atoms with van der Waals surface area (Å²) in [4.78, 5) is 22.6. The van der Waals surface area contributed by atoms with Gasteiger partial charge in [-0.3, -0.25) is 4.79 Å². The maximum Gasteiger partial charge on any atom is 0.411 e. The van der Waals surface area contributed by atoms with Gasteiger partial charge in [-0.1, -0.05) is 72.8 Å². The predicted octanol–water partition coefficient (Wildman–Crippen LogP) is 6.43. The minimum Gasteiger partial charge on any atom is -0.481 e. The summed E-state index contributed by atoms with van der Waals surface area (Å²) in [6.07, 6.45) is -2.85. The van der Waals surface area contributed by atoms with Crippen LogP contribution in [0.5, 0.6) is 0 Å². The van der Waals surface area contributed by atoms with Gasteiger partial charge in [0.1, 0.15) is 6.61 Å². The Morgan fingerprint density at radius 3 is 2.40 bits per heavy atom. The lowest BCUT2D eigenvalue weighted by Crippen LogP contribution is -2.46. The summed E-state index contributed by atoms with van der Waals surface area (Å²) in [5, 5.41) is 9.18. The van der Waals surface area contributed by atoms with Crippen molar-refractivity contribution in [2.45, 2.75) is 37.5 Å². The number of rotatable bonds is 8. The Bertz CT molecular complexity index is 1120. The number of carboxylic acids is 1. The number of nitrogens with zero attached hydrogens (tertiary/aromatic N) is 1. The Balaban J connectivity index is 1.84. The number of aliphatic carboxylic acids is 1. The molecule has 0 bridgehead atoms. The zero-order valence-electron chi connectivity index (χ0n) is 19.0. The molecule has 3 rings (SSSR count). The van der Waals surface area contributed by atoms with E-state index in [2.05, 4.69) is 0 Å². The first kappa shape index (κ1) is 26.3. The van der Waals surface area contributed by atoms with Gasteiger partial charge in [0.15, 0.2) is 4.87 Å². The molecule has 1 N–H and O–H groups in total. The Labute approximate surface area is 206 Å². The van der Waals surface area contributed by atoms with Crippen molar-refractivity contribution in [1.29, 1.82) is 0 Å². The predicted molar refractivity (Wildman–Crippen MR) is 127 cm³/mol. The number of hydrogen-bond donors (Lipinski definition) is 1. The minimum absolute atomic E-state index is 0.109. The molecule has 2 aromatic rings. The van der Waals surface area contributed by atoms with E-state index in [9.17, 15) is 27.9 Å². The summed E-state index contributed by atoms with van der Waals surface area (Å²) < 4.78 is 46.4. The van der Waals surface area contributed by atoms with Gasteiger partial charge in [0.25, 0.3) is 0 Å². The van der Waals surface area contributed by atoms with Gasteiger partial charge in [0, 0.05) is 19.0 Å². The van der Waals surface area contributed by atoms with Crippen molar-refractivity contribution in [3.8, 4) is 0 Å². The number of carboxylic acid groups (broad SMARTS) is 1. The highest BCUT2D eigenvalue weighted by atomic mass is 35.5. The lowest BCUT2D eigenvalue weighted by atomic mass is 9.80. The molecule has 5 nitrogen and oxygen atoms in total. The van der Waals surface area contributed by atoms with Crippen molar-refractivity contribution >= 4 is 29.2 Å². The molecular weight excluding hydrogens is 483 g/mol. The van der Waals surface area contributed by atoms with Crippen LogP contribution in [0, 0.1) is 5.92 Å². The number of allylic oxidation sites excluding steroid dienone is 4. The highest BCUT2D eigenvalue weighted by molar-refractivity contribution is 6.26. The van der Waals surface area contributed by atoms with E-state index >= 15 is 0 Å². The van der Waals surface area contributed by atoms with Crippen molar-refractivity contribution in [3.63, 3.8) is 0 Å². The molecule has 0 aromatic heterocycles. The van der Waals surface area contributed by atoms with Crippen molar-refractivity contribution in [2.75, 3.05) is 6.54 Å². The van der Waals surface area contributed by atoms with Crippen molar-refractivity contribution in [2.24, 2.45) is 5.92 Å². The van der Waals surface area contributed by atoms with Crippen LogP contribution in [0.25, 0.3) is 5.57 Å². The number of amides is 1. The van der Waals surface area contributed by atoms with Gasteiger partial charge in [-0.25, -0.2) is 4.79 Å². The summed E-state index contributed by atoms with van der Waals surface area (Å²) in [7, 11) is 0. The number of halogens is 4. The van der Waals surface area contributed by atoms with Crippen LogP contribution in [-0.2, 0) is 22.7 Å². The molecule has 1 aliphatic rings. The van der Waals surface area contributed by atoms with Crippen LogP contribution < -0.4 is 0 Å². The standard InChI is InChI=1S/C26H25ClF3NO4/c1-2-31(24(34)35-17-18-8-4-3-5-9-18)16-20-10-6-7-11-22(20)19-12-13-25(27,26(28,29)30)21(14-19)15-23(32)33/h3-14,21H,2,15-17H2,1H3,(H,32,33). The lowest BCUT2D eigenvalue weighted by Gasteiger charge is -2.35. The second-order valence-electron chi connectivity index (χ2n) is 8.14. The fourth-order valence-corrected chi connectivity index (χ4v) is 4.07. The number of hydrogen-bond acceptors (Lipinski definition) is 3. The summed E-state index contributed by atoms with van der Waals surface area (Å²) in [5.74, 6) is -2.89. The van der Waals surface area contributed by atoms with Gasteiger partial charge < -0.3 is 14.7 Å². The van der Waals surface area contributed by atoms with Crippen LogP contribution in [0.3, 0.4) is 0 Å². The quantitative estimate of drug-likeness (QED) is 0.418. The maximum absolute atomic E-state index is 13.7. The molecule has 0 aliphatic heterocycles. The van der Waals surface area contributed by atoms with Crippen LogP contribution in [-0.4, -0.2) is 39.7 Å². The Hall–Kier alpha value is -3.26. The Morgan fingerprint density at radius 1 is 1.11 bits per heavy atom. The van der Waals surface area contributed by atoms with E-state index in [1.807, 2.05) is 30.3 Å². The third kappa shape index (κ3) is 6.25. The molecule has 35 heavy (non-hydrogen) atoms.